The van der Waals surface area contributed by atoms with Crippen LogP contribution in [0.4, 0.5) is 0 Å². The Morgan fingerprint density at radius 3 is 2.75 bits per heavy atom. The Morgan fingerprint density at radius 1 is 1.69 bits per heavy atom. The molecule has 0 radical (unpaired) electrons. The highest BCUT2D eigenvalue weighted by molar-refractivity contribution is 9.10. The number of aromatic carboxylic acids is 1. The molecular formula is C11H7BrClNO2. The lowest BCUT2D eigenvalue weighted by molar-refractivity contribution is 0.0695. The van der Waals surface area contributed by atoms with E-state index in [2.05, 4.69) is 20.8 Å². The molecular weight excluding hydrogens is 293 g/mol. The summed E-state index contributed by atoms with van der Waals surface area (Å²) < 4.78 is 0.756. The van der Waals surface area contributed by atoms with Gasteiger partial charge in [0.15, 0.2) is 0 Å². The average Bonchev–Trinajstić information content (AvgIpc) is 2.90. The zero-order valence-electron chi connectivity index (χ0n) is 8.08. The minimum atomic E-state index is -1.03. The molecule has 0 bridgehead atoms. The van der Waals surface area contributed by atoms with Crippen molar-refractivity contribution in [2.45, 2.75) is 17.3 Å². The lowest BCUT2D eigenvalue weighted by Gasteiger charge is -2.08. The molecule has 16 heavy (non-hydrogen) atoms. The Morgan fingerprint density at radius 2 is 2.31 bits per heavy atom. The summed E-state index contributed by atoms with van der Waals surface area (Å²) in [5.41, 5.74) is -0.189. The molecule has 1 aliphatic rings. The third-order valence-corrected chi connectivity index (χ3v) is 3.73. The number of carbonyl (C=O) groups is 1. The van der Waals surface area contributed by atoms with E-state index in [9.17, 15) is 4.79 Å². The molecule has 2 atom stereocenters. The molecule has 1 fully saturated rings. The molecule has 0 heterocycles. The molecule has 1 aromatic rings. The fourth-order valence-corrected chi connectivity index (χ4v) is 2.49. The van der Waals surface area contributed by atoms with Crippen molar-refractivity contribution in [3.8, 4) is 0 Å². The third kappa shape index (κ3) is 1.60. The van der Waals surface area contributed by atoms with Gasteiger partial charge in [0.25, 0.3) is 5.54 Å². The van der Waals surface area contributed by atoms with Crippen LogP contribution < -0.4 is 0 Å². The lowest BCUT2D eigenvalue weighted by atomic mass is 9.99. The number of hydrogen-bond acceptors (Lipinski definition) is 1. The molecule has 82 valence electrons. The van der Waals surface area contributed by atoms with Crippen LogP contribution in [-0.4, -0.2) is 16.5 Å². The Bertz CT molecular complexity index is 511. The summed E-state index contributed by atoms with van der Waals surface area (Å²) in [4.78, 5) is 14.6. The molecule has 0 saturated heterocycles. The van der Waals surface area contributed by atoms with Crippen molar-refractivity contribution in [1.29, 1.82) is 0 Å². The highest BCUT2D eigenvalue weighted by Crippen LogP contribution is 2.54. The molecule has 1 aliphatic carbocycles. The van der Waals surface area contributed by atoms with Gasteiger partial charge in [-0.15, -0.1) is 11.6 Å². The molecule has 1 aromatic carbocycles. The van der Waals surface area contributed by atoms with Gasteiger partial charge in [-0.05, 0) is 18.2 Å². The van der Waals surface area contributed by atoms with Crippen molar-refractivity contribution in [3.05, 3.63) is 45.2 Å². The Hall–Kier alpha value is -1.05. The molecule has 1 N–H and O–H groups in total. The second kappa shape index (κ2) is 3.76. The fraction of sp³-hybridized carbons (Fsp3) is 0.273. The van der Waals surface area contributed by atoms with E-state index < -0.39 is 11.5 Å². The Labute approximate surface area is 106 Å². The normalized spacial score (nSPS) is 27.2. The first-order chi connectivity index (χ1) is 7.51. The third-order valence-electron chi connectivity index (χ3n) is 2.73. The maximum absolute atomic E-state index is 11.1. The van der Waals surface area contributed by atoms with Gasteiger partial charge < -0.3 is 9.95 Å². The van der Waals surface area contributed by atoms with Crippen LogP contribution in [0.2, 0.25) is 0 Å². The first-order valence-corrected chi connectivity index (χ1v) is 5.80. The molecule has 0 spiro atoms. The van der Waals surface area contributed by atoms with Gasteiger partial charge in [-0.1, -0.05) is 15.9 Å². The standard InChI is InChI=1S/C11H7BrClNO2/c1-14-11(5-9(11)13)8-4-6(12)2-3-7(8)10(15)16/h2-4,9H,5H2,(H,15,16). The number of hydrogen-bond donors (Lipinski definition) is 1. The minimum Gasteiger partial charge on any atom is -0.478 e. The predicted molar refractivity (Wildman–Crippen MR) is 63.6 cm³/mol. The van der Waals surface area contributed by atoms with Gasteiger partial charge in [0, 0.05) is 4.47 Å². The second-order valence-corrected chi connectivity index (χ2v) is 5.15. The first-order valence-electron chi connectivity index (χ1n) is 4.57. The zero-order chi connectivity index (χ0) is 11.9. The SMILES string of the molecule is [C-]#[N+]C1(c2cc(Br)ccc2C(=O)O)CC1Cl. The quantitative estimate of drug-likeness (QED) is 0.673. The van der Waals surface area contributed by atoms with E-state index in [0.717, 1.165) is 4.47 Å². The van der Waals surface area contributed by atoms with E-state index in [1.807, 2.05) is 0 Å². The highest BCUT2D eigenvalue weighted by Gasteiger charge is 2.64. The van der Waals surface area contributed by atoms with Gasteiger partial charge in [0.2, 0.25) is 0 Å². The molecule has 3 nitrogen and oxygen atoms in total. The average molecular weight is 301 g/mol. The van der Waals surface area contributed by atoms with Gasteiger partial charge in [-0.2, -0.15) is 0 Å². The number of rotatable bonds is 2. The van der Waals surface area contributed by atoms with Crippen molar-refractivity contribution in [3.63, 3.8) is 0 Å². The van der Waals surface area contributed by atoms with Crippen LogP contribution in [-0.2, 0) is 5.54 Å². The van der Waals surface area contributed by atoms with Gasteiger partial charge in [-0.3, -0.25) is 0 Å². The Kier molecular flexibility index (Phi) is 2.69. The summed E-state index contributed by atoms with van der Waals surface area (Å²) in [6, 6.07) is 4.82. The monoisotopic (exact) mass is 299 g/mol. The summed E-state index contributed by atoms with van der Waals surface area (Å²) in [6.07, 6.45) is 0.509. The van der Waals surface area contributed by atoms with E-state index in [4.69, 9.17) is 23.3 Å². The summed E-state index contributed by atoms with van der Waals surface area (Å²) in [7, 11) is 0. The largest absolute Gasteiger partial charge is 0.478 e. The number of carboxylic acid groups (broad SMARTS) is 1. The van der Waals surface area contributed by atoms with Gasteiger partial charge in [0.05, 0.1) is 17.5 Å². The molecule has 5 heteroatoms. The summed E-state index contributed by atoms with van der Waals surface area (Å²) in [6.45, 7) is 7.18. The Balaban J connectivity index is 2.60. The molecule has 0 aliphatic heterocycles. The second-order valence-electron chi connectivity index (χ2n) is 3.70. The number of nitrogens with zero attached hydrogens (tertiary/aromatic N) is 1. The molecule has 2 unspecified atom stereocenters. The highest BCUT2D eigenvalue weighted by atomic mass is 79.9. The maximum Gasteiger partial charge on any atom is 0.336 e. The zero-order valence-corrected chi connectivity index (χ0v) is 10.4. The molecule has 0 amide bonds. The molecule has 2 rings (SSSR count). The van der Waals surface area contributed by atoms with Crippen LogP contribution >= 0.6 is 27.5 Å². The van der Waals surface area contributed by atoms with Gasteiger partial charge in [-0.25, -0.2) is 11.4 Å². The van der Waals surface area contributed by atoms with E-state index in [1.54, 1.807) is 12.1 Å². The van der Waals surface area contributed by atoms with Crippen LogP contribution in [0.15, 0.2) is 22.7 Å². The van der Waals surface area contributed by atoms with Crippen molar-refractivity contribution >= 4 is 33.5 Å². The summed E-state index contributed by atoms with van der Waals surface area (Å²) in [5.74, 6) is -1.03. The lowest BCUT2D eigenvalue weighted by Crippen LogP contribution is -2.12. The smallest absolute Gasteiger partial charge is 0.336 e. The van der Waals surface area contributed by atoms with Crippen LogP contribution in [0.25, 0.3) is 4.85 Å². The summed E-state index contributed by atoms with van der Waals surface area (Å²) >= 11 is 9.23. The van der Waals surface area contributed by atoms with E-state index in [1.165, 1.54) is 6.07 Å². The molecule has 1 saturated carbocycles. The first kappa shape index (κ1) is 11.4. The number of benzene rings is 1. The molecule has 0 aromatic heterocycles. The number of halogens is 2. The van der Waals surface area contributed by atoms with E-state index in [0.29, 0.717) is 12.0 Å². The van der Waals surface area contributed by atoms with Crippen LogP contribution in [0, 0.1) is 6.57 Å². The topological polar surface area (TPSA) is 41.7 Å². The van der Waals surface area contributed by atoms with E-state index in [-0.39, 0.29) is 10.9 Å². The predicted octanol–water partition coefficient (Wildman–Crippen LogP) is 3.27. The van der Waals surface area contributed by atoms with Gasteiger partial charge in [0.1, 0.15) is 5.38 Å². The van der Waals surface area contributed by atoms with Crippen molar-refractivity contribution < 1.29 is 9.90 Å². The maximum atomic E-state index is 11.1. The van der Waals surface area contributed by atoms with Crippen LogP contribution in [0.1, 0.15) is 22.3 Å². The van der Waals surface area contributed by atoms with Crippen molar-refractivity contribution in [2.24, 2.45) is 0 Å². The van der Waals surface area contributed by atoms with Crippen LogP contribution in [0.3, 0.4) is 0 Å². The minimum absolute atomic E-state index is 0.155. The van der Waals surface area contributed by atoms with Crippen molar-refractivity contribution in [2.75, 3.05) is 0 Å². The van der Waals surface area contributed by atoms with Gasteiger partial charge >= 0.3 is 5.97 Å². The van der Waals surface area contributed by atoms with Crippen molar-refractivity contribution in [1.82, 2.24) is 0 Å². The van der Waals surface area contributed by atoms with E-state index >= 15 is 0 Å². The number of alkyl halides is 1. The number of carboxylic acids is 1. The summed E-state index contributed by atoms with van der Waals surface area (Å²) in [5, 5.41) is 8.77. The van der Waals surface area contributed by atoms with Crippen LogP contribution in [0.5, 0.6) is 0 Å². The fourth-order valence-electron chi connectivity index (χ4n) is 1.73.